The first-order valence-electron chi connectivity index (χ1n) is 5.89. The van der Waals surface area contributed by atoms with E-state index >= 15 is 0 Å². The number of rotatable bonds is 1. The lowest BCUT2D eigenvalue weighted by molar-refractivity contribution is 0.475. The molecular formula is C16H13NO. The van der Waals surface area contributed by atoms with E-state index in [9.17, 15) is 5.11 Å². The molecule has 0 saturated heterocycles. The summed E-state index contributed by atoms with van der Waals surface area (Å²) >= 11 is 0. The fourth-order valence-corrected chi connectivity index (χ4v) is 2.25. The Balaban J connectivity index is 2.33. The Morgan fingerprint density at radius 2 is 1.83 bits per heavy atom. The van der Waals surface area contributed by atoms with Crippen LogP contribution in [0.25, 0.3) is 22.0 Å². The quantitative estimate of drug-likeness (QED) is 0.693. The van der Waals surface area contributed by atoms with Gasteiger partial charge in [-0.1, -0.05) is 30.3 Å². The molecule has 18 heavy (non-hydrogen) atoms. The molecule has 0 radical (unpaired) electrons. The molecule has 2 heteroatoms. The van der Waals surface area contributed by atoms with Crippen molar-refractivity contribution in [2.45, 2.75) is 6.92 Å². The molecule has 0 bridgehead atoms. The van der Waals surface area contributed by atoms with E-state index in [0.717, 1.165) is 27.6 Å². The molecule has 1 aromatic heterocycles. The molecule has 0 amide bonds. The molecule has 0 spiro atoms. The largest absolute Gasteiger partial charge is 0.508 e. The van der Waals surface area contributed by atoms with Crippen LogP contribution in [0.4, 0.5) is 0 Å². The number of phenolic OH excluding ortho intramolecular Hbond substituents is 1. The van der Waals surface area contributed by atoms with E-state index in [0.29, 0.717) is 0 Å². The average Bonchev–Trinajstić information content (AvgIpc) is 2.39. The second kappa shape index (κ2) is 4.15. The fraction of sp³-hybridized carbons (Fsp3) is 0.0625. The van der Waals surface area contributed by atoms with E-state index in [2.05, 4.69) is 24.0 Å². The minimum Gasteiger partial charge on any atom is -0.508 e. The number of aryl methyl sites for hydroxylation is 1. The number of hydrogen-bond acceptors (Lipinski definition) is 2. The Hall–Kier alpha value is -2.35. The van der Waals surface area contributed by atoms with E-state index in [1.165, 1.54) is 0 Å². The molecule has 0 aliphatic heterocycles. The second-order valence-corrected chi connectivity index (χ2v) is 4.38. The lowest BCUT2D eigenvalue weighted by atomic mass is 9.99. The molecule has 0 fully saturated rings. The molecule has 0 atom stereocenters. The summed E-state index contributed by atoms with van der Waals surface area (Å²) in [5, 5.41) is 10.7. The Labute approximate surface area is 106 Å². The maximum atomic E-state index is 9.59. The van der Waals surface area contributed by atoms with Gasteiger partial charge in [0.15, 0.2) is 0 Å². The maximum absolute atomic E-state index is 9.59. The Morgan fingerprint density at radius 3 is 2.67 bits per heavy atom. The van der Waals surface area contributed by atoms with E-state index in [-0.39, 0.29) is 5.75 Å². The highest BCUT2D eigenvalue weighted by Gasteiger charge is 2.06. The number of phenols is 1. The number of aromatic hydroxyl groups is 1. The molecule has 2 aromatic carbocycles. The second-order valence-electron chi connectivity index (χ2n) is 4.38. The first-order valence-corrected chi connectivity index (χ1v) is 5.89. The highest BCUT2D eigenvalue weighted by Crippen LogP contribution is 2.30. The zero-order valence-electron chi connectivity index (χ0n) is 10.1. The van der Waals surface area contributed by atoms with E-state index < -0.39 is 0 Å². The third-order valence-corrected chi connectivity index (χ3v) is 3.13. The Bertz CT molecular complexity index is 719. The number of hydrogen-bond donors (Lipinski definition) is 1. The Morgan fingerprint density at radius 1 is 1.00 bits per heavy atom. The van der Waals surface area contributed by atoms with Crippen LogP contribution >= 0.6 is 0 Å². The predicted octanol–water partition coefficient (Wildman–Crippen LogP) is 3.92. The number of benzene rings is 2. The fourth-order valence-electron chi connectivity index (χ4n) is 2.25. The summed E-state index contributed by atoms with van der Waals surface area (Å²) in [6.07, 6.45) is 1.81. The number of pyridine rings is 1. The molecule has 1 N–H and O–H groups in total. The molecule has 88 valence electrons. The first-order chi connectivity index (χ1) is 8.75. The molecule has 3 rings (SSSR count). The van der Waals surface area contributed by atoms with Gasteiger partial charge in [-0.15, -0.1) is 0 Å². The van der Waals surface area contributed by atoms with Crippen molar-refractivity contribution in [2.75, 3.05) is 0 Å². The van der Waals surface area contributed by atoms with Crippen LogP contribution in [-0.2, 0) is 0 Å². The topological polar surface area (TPSA) is 33.1 Å². The summed E-state index contributed by atoms with van der Waals surface area (Å²) in [6, 6.07) is 15.4. The summed E-state index contributed by atoms with van der Waals surface area (Å²) in [7, 11) is 0. The summed E-state index contributed by atoms with van der Waals surface area (Å²) in [5.41, 5.74) is 4.28. The third-order valence-electron chi connectivity index (χ3n) is 3.13. The van der Waals surface area contributed by atoms with Gasteiger partial charge in [0.25, 0.3) is 0 Å². The summed E-state index contributed by atoms with van der Waals surface area (Å²) < 4.78 is 0. The van der Waals surface area contributed by atoms with Gasteiger partial charge >= 0.3 is 0 Å². The molecule has 0 aliphatic carbocycles. The van der Waals surface area contributed by atoms with E-state index in [1.807, 2.05) is 30.5 Å². The maximum Gasteiger partial charge on any atom is 0.116 e. The molecule has 1 heterocycles. The number of fused-ring (bicyclic) bond motifs is 1. The Kier molecular flexibility index (Phi) is 2.49. The van der Waals surface area contributed by atoms with Crippen molar-refractivity contribution in [2.24, 2.45) is 0 Å². The van der Waals surface area contributed by atoms with Gasteiger partial charge in [-0.05, 0) is 41.8 Å². The molecule has 2 nitrogen and oxygen atoms in total. The van der Waals surface area contributed by atoms with Gasteiger partial charge in [0.1, 0.15) is 5.75 Å². The van der Waals surface area contributed by atoms with Crippen molar-refractivity contribution in [1.82, 2.24) is 4.98 Å². The highest BCUT2D eigenvalue weighted by atomic mass is 16.3. The van der Waals surface area contributed by atoms with Gasteiger partial charge in [-0.3, -0.25) is 4.98 Å². The van der Waals surface area contributed by atoms with Crippen LogP contribution in [0.3, 0.4) is 0 Å². The summed E-state index contributed by atoms with van der Waals surface area (Å²) in [5.74, 6) is 0.283. The van der Waals surface area contributed by atoms with Crippen LogP contribution in [-0.4, -0.2) is 10.1 Å². The predicted molar refractivity (Wildman–Crippen MR) is 73.6 cm³/mol. The van der Waals surface area contributed by atoms with Crippen LogP contribution in [0, 0.1) is 6.92 Å². The average molecular weight is 235 g/mol. The molecule has 0 aliphatic rings. The van der Waals surface area contributed by atoms with Crippen molar-refractivity contribution in [3.8, 4) is 16.9 Å². The van der Waals surface area contributed by atoms with Crippen LogP contribution in [0.2, 0.25) is 0 Å². The minimum absolute atomic E-state index is 0.283. The van der Waals surface area contributed by atoms with Crippen LogP contribution in [0.5, 0.6) is 5.75 Å². The minimum atomic E-state index is 0.283. The summed E-state index contributed by atoms with van der Waals surface area (Å²) in [4.78, 5) is 4.43. The standard InChI is InChI=1S/C16H13NO/c1-11-4-2-7-15-14(8-9-17-16(11)15)12-5-3-6-13(18)10-12/h2-10,18H,1H3. The monoisotopic (exact) mass is 235 g/mol. The highest BCUT2D eigenvalue weighted by molar-refractivity contribution is 5.95. The van der Waals surface area contributed by atoms with Crippen LogP contribution in [0.15, 0.2) is 54.7 Å². The van der Waals surface area contributed by atoms with Crippen molar-refractivity contribution < 1.29 is 5.11 Å². The lowest BCUT2D eigenvalue weighted by Gasteiger charge is -2.08. The molecular weight excluding hydrogens is 222 g/mol. The van der Waals surface area contributed by atoms with Crippen LogP contribution in [0.1, 0.15) is 5.56 Å². The number of aromatic nitrogens is 1. The van der Waals surface area contributed by atoms with Crippen molar-refractivity contribution in [1.29, 1.82) is 0 Å². The molecule has 0 saturated carbocycles. The van der Waals surface area contributed by atoms with Gasteiger partial charge in [0, 0.05) is 11.6 Å². The smallest absolute Gasteiger partial charge is 0.116 e. The van der Waals surface area contributed by atoms with Gasteiger partial charge in [0.2, 0.25) is 0 Å². The SMILES string of the molecule is Cc1cccc2c(-c3cccc(O)c3)ccnc12. The van der Waals surface area contributed by atoms with Crippen molar-refractivity contribution >= 4 is 10.9 Å². The van der Waals surface area contributed by atoms with Gasteiger partial charge in [-0.25, -0.2) is 0 Å². The molecule has 3 aromatic rings. The number of para-hydroxylation sites is 1. The van der Waals surface area contributed by atoms with E-state index in [4.69, 9.17) is 0 Å². The van der Waals surface area contributed by atoms with Crippen molar-refractivity contribution in [3.05, 3.63) is 60.3 Å². The van der Waals surface area contributed by atoms with Gasteiger partial charge in [0.05, 0.1) is 5.52 Å². The van der Waals surface area contributed by atoms with Gasteiger partial charge < -0.3 is 5.11 Å². The van der Waals surface area contributed by atoms with Gasteiger partial charge in [-0.2, -0.15) is 0 Å². The zero-order valence-corrected chi connectivity index (χ0v) is 10.1. The van der Waals surface area contributed by atoms with E-state index in [1.54, 1.807) is 12.1 Å². The molecule has 0 unspecified atom stereocenters. The van der Waals surface area contributed by atoms with Crippen LogP contribution < -0.4 is 0 Å². The summed E-state index contributed by atoms with van der Waals surface area (Å²) in [6.45, 7) is 2.06. The van der Waals surface area contributed by atoms with Crippen molar-refractivity contribution in [3.63, 3.8) is 0 Å². The normalized spacial score (nSPS) is 10.7. The number of nitrogens with zero attached hydrogens (tertiary/aromatic N) is 1. The first kappa shape index (κ1) is 10.8. The lowest BCUT2D eigenvalue weighted by Crippen LogP contribution is -1.86. The third kappa shape index (κ3) is 1.72. The zero-order chi connectivity index (χ0) is 12.5.